The van der Waals surface area contributed by atoms with Crippen LogP contribution in [0.2, 0.25) is 0 Å². The first-order chi connectivity index (χ1) is 15.0. The van der Waals surface area contributed by atoms with Crippen molar-refractivity contribution in [2.75, 3.05) is 46.3 Å². The van der Waals surface area contributed by atoms with Gasteiger partial charge in [-0.2, -0.15) is 5.10 Å². The largest absolute Gasteiger partial charge is 0.311 e. The molecule has 3 aromatic rings. The molecule has 164 valence electrons. The molecule has 0 amide bonds. The van der Waals surface area contributed by atoms with Crippen LogP contribution >= 0.6 is 0 Å². The van der Waals surface area contributed by atoms with Crippen LogP contribution in [0.1, 0.15) is 11.1 Å². The summed E-state index contributed by atoms with van der Waals surface area (Å²) in [5.74, 6) is -1.23. The van der Waals surface area contributed by atoms with Gasteiger partial charge >= 0.3 is 0 Å². The maximum atomic E-state index is 14.4. The van der Waals surface area contributed by atoms with Crippen LogP contribution in [0.15, 0.2) is 48.7 Å². The molecule has 0 radical (unpaired) electrons. The van der Waals surface area contributed by atoms with Gasteiger partial charge in [0.1, 0.15) is 11.5 Å². The van der Waals surface area contributed by atoms with E-state index in [1.54, 1.807) is 0 Å². The van der Waals surface area contributed by atoms with Crippen molar-refractivity contribution < 1.29 is 8.78 Å². The Bertz CT molecular complexity index is 1020. The fourth-order valence-corrected chi connectivity index (χ4v) is 3.90. The molecule has 7 heteroatoms. The third-order valence-electron chi connectivity index (χ3n) is 5.75. The van der Waals surface area contributed by atoms with Gasteiger partial charge in [-0.25, -0.2) is 13.5 Å². The van der Waals surface area contributed by atoms with E-state index >= 15 is 0 Å². The molecule has 5 nitrogen and oxygen atoms in total. The van der Waals surface area contributed by atoms with Crippen LogP contribution in [-0.2, 0) is 6.54 Å². The van der Waals surface area contributed by atoms with Crippen LogP contribution in [0.4, 0.5) is 8.78 Å². The minimum absolute atomic E-state index is 0.235. The molecule has 0 unspecified atom stereocenters. The van der Waals surface area contributed by atoms with Crippen LogP contribution in [0.5, 0.6) is 0 Å². The summed E-state index contributed by atoms with van der Waals surface area (Å²) in [6, 6.07) is 11.7. The van der Waals surface area contributed by atoms with Crippen molar-refractivity contribution in [2.24, 2.45) is 0 Å². The second-order valence-electron chi connectivity index (χ2n) is 8.23. The van der Waals surface area contributed by atoms with Crippen LogP contribution in [0.25, 0.3) is 16.9 Å². The van der Waals surface area contributed by atoms with Gasteiger partial charge < -0.3 is 10.2 Å². The van der Waals surface area contributed by atoms with Crippen molar-refractivity contribution in [3.05, 3.63) is 71.4 Å². The lowest BCUT2D eigenvalue weighted by Gasteiger charge is -2.32. The van der Waals surface area contributed by atoms with E-state index in [9.17, 15) is 8.78 Å². The molecule has 2 aromatic carbocycles. The Morgan fingerprint density at radius 1 is 1.03 bits per heavy atom. The molecule has 2 heterocycles. The smallest absolute Gasteiger partial charge is 0.151 e. The second-order valence-corrected chi connectivity index (χ2v) is 8.23. The normalized spacial score (nSPS) is 15.5. The zero-order chi connectivity index (χ0) is 21.8. The van der Waals surface area contributed by atoms with Gasteiger partial charge in [0.2, 0.25) is 0 Å². The molecule has 1 saturated heterocycles. The van der Waals surface area contributed by atoms with E-state index in [2.05, 4.69) is 33.3 Å². The number of hydrogen-bond acceptors (Lipinski definition) is 4. The maximum Gasteiger partial charge on any atom is 0.151 e. The van der Waals surface area contributed by atoms with E-state index in [4.69, 9.17) is 0 Å². The van der Waals surface area contributed by atoms with Crippen molar-refractivity contribution in [3.63, 3.8) is 0 Å². The summed E-state index contributed by atoms with van der Waals surface area (Å²) in [7, 11) is 2.16. The highest BCUT2D eigenvalue weighted by atomic mass is 19.1. The molecular weight excluding hydrogens is 396 g/mol. The number of aryl methyl sites for hydroxylation is 1. The van der Waals surface area contributed by atoms with Crippen LogP contribution in [0.3, 0.4) is 0 Å². The summed E-state index contributed by atoms with van der Waals surface area (Å²) in [5.41, 5.74) is 4.14. The number of nitrogens with zero attached hydrogens (tertiary/aromatic N) is 4. The van der Waals surface area contributed by atoms with E-state index in [1.165, 1.54) is 16.8 Å². The number of nitrogens with one attached hydrogen (secondary N) is 1. The quantitative estimate of drug-likeness (QED) is 0.588. The predicted molar refractivity (Wildman–Crippen MR) is 119 cm³/mol. The number of hydrogen-bond donors (Lipinski definition) is 1. The molecule has 1 aliphatic heterocycles. The molecule has 0 atom stereocenters. The number of piperazine rings is 1. The van der Waals surface area contributed by atoms with Crippen molar-refractivity contribution >= 4 is 0 Å². The maximum absolute atomic E-state index is 14.4. The van der Waals surface area contributed by atoms with Crippen molar-refractivity contribution in [2.45, 2.75) is 13.5 Å². The predicted octanol–water partition coefficient (Wildman–Crippen LogP) is 3.46. The zero-order valence-electron chi connectivity index (χ0n) is 18.1. The fourth-order valence-electron chi connectivity index (χ4n) is 3.90. The molecule has 0 spiro atoms. The topological polar surface area (TPSA) is 36.3 Å². The summed E-state index contributed by atoms with van der Waals surface area (Å²) in [6.45, 7) is 8.92. The molecule has 1 fully saturated rings. The van der Waals surface area contributed by atoms with Crippen molar-refractivity contribution in [1.29, 1.82) is 0 Å². The SMILES string of the molecule is Cc1cccc(-c2nn(-c3ccc(F)cc3F)cc2CNCCN2CCN(C)CC2)c1. The monoisotopic (exact) mass is 425 g/mol. The van der Waals surface area contributed by atoms with Crippen LogP contribution < -0.4 is 5.32 Å². The number of halogens is 2. The van der Waals surface area contributed by atoms with E-state index in [1.807, 2.05) is 31.3 Å². The molecule has 1 aromatic heterocycles. The highest BCUT2D eigenvalue weighted by Crippen LogP contribution is 2.25. The minimum atomic E-state index is -0.632. The molecule has 1 aliphatic rings. The average molecular weight is 426 g/mol. The number of benzene rings is 2. The third kappa shape index (κ3) is 5.36. The lowest BCUT2D eigenvalue weighted by atomic mass is 10.1. The number of rotatable bonds is 7. The fraction of sp³-hybridized carbons (Fsp3) is 0.375. The Morgan fingerprint density at radius 2 is 1.84 bits per heavy atom. The van der Waals surface area contributed by atoms with Gasteiger partial charge in [-0.15, -0.1) is 0 Å². The second kappa shape index (κ2) is 9.68. The Balaban J connectivity index is 1.51. The van der Waals surface area contributed by atoms with Gasteiger partial charge in [-0.05, 0) is 32.2 Å². The molecule has 4 rings (SSSR count). The van der Waals surface area contributed by atoms with Gasteiger partial charge in [-0.3, -0.25) is 4.90 Å². The average Bonchev–Trinajstić information content (AvgIpc) is 3.16. The lowest BCUT2D eigenvalue weighted by Crippen LogP contribution is -2.46. The van der Waals surface area contributed by atoms with E-state index < -0.39 is 11.6 Å². The first-order valence-electron chi connectivity index (χ1n) is 10.7. The van der Waals surface area contributed by atoms with Gasteiger partial charge in [0, 0.05) is 69.2 Å². The van der Waals surface area contributed by atoms with Gasteiger partial charge in [0.25, 0.3) is 0 Å². The molecule has 0 bridgehead atoms. The Hall–Kier alpha value is -2.61. The number of likely N-dealkylation sites (N-methyl/N-ethyl adjacent to an activating group) is 1. The van der Waals surface area contributed by atoms with Gasteiger partial charge in [-0.1, -0.05) is 23.8 Å². The lowest BCUT2D eigenvalue weighted by molar-refractivity contribution is 0.154. The molecule has 1 N–H and O–H groups in total. The van der Waals surface area contributed by atoms with E-state index in [0.717, 1.165) is 67.7 Å². The molecule has 0 aliphatic carbocycles. The third-order valence-corrected chi connectivity index (χ3v) is 5.75. The van der Waals surface area contributed by atoms with Gasteiger partial charge in [0.05, 0.1) is 5.69 Å². The molecule has 31 heavy (non-hydrogen) atoms. The minimum Gasteiger partial charge on any atom is -0.311 e. The highest BCUT2D eigenvalue weighted by Gasteiger charge is 2.16. The molecule has 0 saturated carbocycles. The summed E-state index contributed by atoms with van der Waals surface area (Å²) < 4.78 is 29.2. The Labute approximate surface area is 182 Å². The van der Waals surface area contributed by atoms with E-state index in [-0.39, 0.29) is 5.69 Å². The standard InChI is InChI=1S/C24H29F2N5/c1-18-4-3-5-19(14-18)24-20(16-27-8-9-30-12-10-29(2)11-13-30)17-31(28-24)23-7-6-21(25)15-22(23)26/h3-7,14-15,17,27H,8-13,16H2,1-2H3. The Morgan fingerprint density at radius 3 is 2.58 bits per heavy atom. The summed E-state index contributed by atoms with van der Waals surface area (Å²) in [5, 5.41) is 8.17. The highest BCUT2D eigenvalue weighted by molar-refractivity contribution is 5.64. The van der Waals surface area contributed by atoms with Crippen LogP contribution in [-0.4, -0.2) is 65.9 Å². The van der Waals surface area contributed by atoms with E-state index in [0.29, 0.717) is 6.54 Å². The first kappa shape index (κ1) is 21.6. The zero-order valence-corrected chi connectivity index (χ0v) is 18.1. The van der Waals surface area contributed by atoms with Crippen molar-refractivity contribution in [1.82, 2.24) is 24.9 Å². The molecular formula is C24H29F2N5. The first-order valence-corrected chi connectivity index (χ1v) is 10.7. The summed E-state index contributed by atoms with van der Waals surface area (Å²) >= 11 is 0. The summed E-state index contributed by atoms with van der Waals surface area (Å²) in [6.07, 6.45) is 1.83. The van der Waals surface area contributed by atoms with Crippen LogP contribution in [0, 0.1) is 18.6 Å². The summed E-state index contributed by atoms with van der Waals surface area (Å²) in [4.78, 5) is 4.81. The number of aromatic nitrogens is 2. The van der Waals surface area contributed by atoms with Crippen molar-refractivity contribution in [3.8, 4) is 16.9 Å². The Kier molecular flexibility index (Phi) is 6.75. The van der Waals surface area contributed by atoms with Gasteiger partial charge in [0.15, 0.2) is 5.82 Å².